The molecule has 20 heavy (non-hydrogen) atoms. The third kappa shape index (κ3) is 2.99. The molecule has 0 aliphatic carbocycles. The Labute approximate surface area is 117 Å². The molecule has 0 bridgehead atoms. The third-order valence-electron chi connectivity index (χ3n) is 3.37. The number of aryl methyl sites for hydroxylation is 2. The van der Waals surface area contributed by atoms with Gasteiger partial charge < -0.3 is 14.6 Å². The quantitative estimate of drug-likeness (QED) is 0.848. The summed E-state index contributed by atoms with van der Waals surface area (Å²) in [4.78, 5) is 15.4. The molecule has 1 aliphatic heterocycles. The number of nitrogens with zero attached hydrogens (tertiary/aromatic N) is 2. The van der Waals surface area contributed by atoms with E-state index in [1.165, 1.54) is 5.56 Å². The van der Waals surface area contributed by atoms with Crippen LogP contribution in [0, 0.1) is 0 Å². The molecule has 1 amide bonds. The molecule has 104 valence electrons. The summed E-state index contributed by atoms with van der Waals surface area (Å²) in [5.74, 6) is 0.881. The molecule has 2 heterocycles. The summed E-state index contributed by atoms with van der Waals surface area (Å²) in [6.45, 7) is 1.53. The molecule has 1 aromatic heterocycles. The number of fused-ring (bicyclic) bond motifs is 1. The first-order valence-electron chi connectivity index (χ1n) is 6.82. The van der Waals surface area contributed by atoms with Crippen LogP contribution >= 0.6 is 0 Å². The van der Waals surface area contributed by atoms with E-state index in [1.807, 2.05) is 29.0 Å². The second-order valence-corrected chi connectivity index (χ2v) is 4.87. The van der Waals surface area contributed by atoms with Crippen LogP contribution in [0.5, 0.6) is 5.75 Å². The van der Waals surface area contributed by atoms with Gasteiger partial charge in [-0.3, -0.25) is 4.79 Å². The maximum absolute atomic E-state index is 11.4. The monoisotopic (exact) mass is 271 g/mol. The molecule has 0 unspecified atom stereocenters. The molecule has 0 saturated heterocycles. The second-order valence-electron chi connectivity index (χ2n) is 4.87. The Bertz CT molecular complexity index is 593. The smallest absolute Gasteiger partial charge is 0.224 e. The van der Waals surface area contributed by atoms with E-state index in [9.17, 15) is 4.79 Å². The highest BCUT2D eigenvalue weighted by molar-refractivity contribution is 5.94. The molecular formula is C15H17N3O2. The molecule has 0 spiro atoms. The van der Waals surface area contributed by atoms with E-state index in [4.69, 9.17) is 4.74 Å². The van der Waals surface area contributed by atoms with Crippen LogP contribution in [0.2, 0.25) is 0 Å². The van der Waals surface area contributed by atoms with Gasteiger partial charge in [0.25, 0.3) is 0 Å². The van der Waals surface area contributed by atoms with Crippen LogP contribution in [-0.4, -0.2) is 22.1 Å². The first-order valence-corrected chi connectivity index (χ1v) is 6.82. The van der Waals surface area contributed by atoms with Crippen molar-refractivity contribution in [2.75, 3.05) is 11.9 Å². The summed E-state index contributed by atoms with van der Waals surface area (Å²) in [7, 11) is 0. The summed E-state index contributed by atoms with van der Waals surface area (Å²) < 4.78 is 7.74. The lowest BCUT2D eigenvalue weighted by Crippen LogP contribution is -2.18. The lowest BCUT2D eigenvalue weighted by Gasteiger charge is -2.17. The predicted molar refractivity (Wildman–Crippen MR) is 75.7 cm³/mol. The number of anilines is 1. The molecule has 1 N–H and O–H groups in total. The van der Waals surface area contributed by atoms with Crippen molar-refractivity contribution in [2.45, 2.75) is 25.8 Å². The number of amides is 1. The SMILES string of the molecule is O=C1CCc2ccc(OCCCn3ccnc3)cc2N1. The van der Waals surface area contributed by atoms with Crippen LogP contribution in [0.15, 0.2) is 36.9 Å². The van der Waals surface area contributed by atoms with Gasteiger partial charge in [0.1, 0.15) is 5.75 Å². The van der Waals surface area contributed by atoms with E-state index in [2.05, 4.69) is 10.3 Å². The zero-order chi connectivity index (χ0) is 13.8. The highest BCUT2D eigenvalue weighted by Crippen LogP contribution is 2.27. The average Bonchev–Trinajstić information content (AvgIpc) is 2.96. The van der Waals surface area contributed by atoms with Crippen molar-refractivity contribution in [2.24, 2.45) is 0 Å². The van der Waals surface area contributed by atoms with Crippen molar-refractivity contribution in [3.8, 4) is 5.75 Å². The van der Waals surface area contributed by atoms with Crippen molar-refractivity contribution < 1.29 is 9.53 Å². The minimum Gasteiger partial charge on any atom is -0.493 e. The van der Waals surface area contributed by atoms with Gasteiger partial charge in [0.05, 0.1) is 12.9 Å². The van der Waals surface area contributed by atoms with Gasteiger partial charge in [-0.05, 0) is 24.5 Å². The fourth-order valence-corrected chi connectivity index (χ4v) is 2.30. The van der Waals surface area contributed by atoms with Crippen LogP contribution in [0.1, 0.15) is 18.4 Å². The average molecular weight is 271 g/mol. The zero-order valence-electron chi connectivity index (χ0n) is 11.2. The van der Waals surface area contributed by atoms with Crippen molar-refractivity contribution in [3.63, 3.8) is 0 Å². The van der Waals surface area contributed by atoms with Gasteiger partial charge in [-0.25, -0.2) is 4.98 Å². The maximum Gasteiger partial charge on any atom is 0.224 e. The van der Waals surface area contributed by atoms with Gasteiger partial charge in [0, 0.05) is 37.1 Å². The summed E-state index contributed by atoms with van der Waals surface area (Å²) in [5, 5.41) is 2.88. The van der Waals surface area contributed by atoms with Crippen molar-refractivity contribution in [1.82, 2.24) is 9.55 Å². The van der Waals surface area contributed by atoms with Gasteiger partial charge in [-0.1, -0.05) is 6.07 Å². The highest BCUT2D eigenvalue weighted by Gasteiger charge is 2.14. The fourth-order valence-electron chi connectivity index (χ4n) is 2.30. The zero-order valence-corrected chi connectivity index (χ0v) is 11.2. The molecule has 1 aliphatic rings. The van der Waals surface area contributed by atoms with E-state index in [0.717, 1.165) is 30.8 Å². The minimum atomic E-state index is 0.0785. The van der Waals surface area contributed by atoms with Gasteiger partial charge in [-0.2, -0.15) is 0 Å². The first-order chi connectivity index (χ1) is 9.81. The number of benzene rings is 1. The molecule has 0 saturated carbocycles. The lowest BCUT2D eigenvalue weighted by atomic mass is 10.0. The lowest BCUT2D eigenvalue weighted by molar-refractivity contribution is -0.116. The first kappa shape index (κ1) is 12.7. The topological polar surface area (TPSA) is 56.2 Å². The molecule has 0 fully saturated rings. The largest absolute Gasteiger partial charge is 0.493 e. The number of hydrogen-bond acceptors (Lipinski definition) is 3. The normalized spacial score (nSPS) is 13.7. The van der Waals surface area contributed by atoms with Gasteiger partial charge in [0.2, 0.25) is 5.91 Å². The molecule has 5 heteroatoms. The Hall–Kier alpha value is -2.30. The Morgan fingerprint density at radius 1 is 1.35 bits per heavy atom. The number of rotatable bonds is 5. The molecule has 3 rings (SSSR count). The third-order valence-corrected chi connectivity index (χ3v) is 3.37. The van der Waals surface area contributed by atoms with Crippen LogP contribution in [0.4, 0.5) is 5.69 Å². The molecule has 2 aromatic rings. The Morgan fingerprint density at radius 2 is 2.30 bits per heavy atom. The van der Waals surface area contributed by atoms with Crippen LogP contribution < -0.4 is 10.1 Å². The number of carbonyl (C=O) groups is 1. The number of imidazole rings is 1. The number of ether oxygens (including phenoxy) is 1. The van der Waals surface area contributed by atoms with E-state index in [1.54, 1.807) is 12.5 Å². The summed E-state index contributed by atoms with van der Waals surface area (Å²) in [6.07, 6.45) is 7.80. The summed E-state index contributed by atoms with van der Waals surface area (Å²) in [6, 6.07) is 5.90. The Morgan fingerprint density at radius 3 is 3.15 bits per heavy atom. The number of nitrogens with one attached hydrogen (secondary N) is 1. The summed E-state index contributed by atoms with van der Waals surface area (Å²) in [5.41, 5.74) is 2.06. The highest BCUT2D eigenvalue weighted by atomic mass is 16.5. The number of hydrogen-bond donors (Lipinski definition) is 1. The van der Waals surface area contributed by atoms with Crippen molar-refractivity contribution in [3.05, 3.63) is 42.5 Å². The Balaban J connectivity index is 1.53. The van der Waals surface area contributed by atoms with Crippen LogP contribution in [-0.2, 0) is 17.8 Å². The van der Waals surface area contributed by atoms with Crippen molar-refractivity contribution >= 4 is 11.6 Å². The maximum atomic E-state index is 11.4. The second kappa shape index (κ2) is 5.77. The van der Waals surface area contributed by atoms with Crippen molar-refractivity contribution in [1.29, 1.82) is 0 Å². The van der Waals surface area contributed by atoms with E-state index < -0.39 is 0 Å². The van der Waals surface area contributed by atoms with Gasteiger partial charge in [0.15, 0.2) is 0 Å². The summed E-state index contributed by atoms with van der Waals surface area (Å²) >= 11 is 0. The number of carbonyl (C=O) groups excluding carboxylic acids is 1. The van der Waals surface area contributed by atoms with Crippen LogP contribution in [0.25, 0.3) is 0 Å². The fraction of sp³-hybridized carbons (Fsp3) is 0.333. The standard InChI is InChI=1S/C15H17N3O2/c19-15-5-3-12-2-4-13(10-14(12)17-15)20-9-1-7-18-8-6-16-11-18/h2,4,6,8,10-11H,1,3,5,7,9H2,(H,17,19). The molecule has 0 atom stereocenters. The van der Waals surface area contributed by atoms with Gasteiger partial charge >= 0.3 is 0 Å². The van der Waals surface area contributed by atoms with E-state index in [-0.39, 0.29) is 5.91 Å². The van der Waals surface area contributed by atoms with Gasteiger partial charge in [-0.15, -0.1) is 0 Å². The van der Waals surface area contributed by atoms with E-state index >= 15 is 0 Å². The molecule has 5 nitrogen and oxygen atoms in total. The molecular weight excluding hydrogens is 254 g/mol. The van der Waals surface area contributed by atoms with Crippen LogP contribution in [0.3, 0.4) is 0 Å². The Kier molecular flexibility index (Phi) is 3.67. The number of aromatic nitrogens is 2. The van der Waals surface area contributed by atoms with E-state index in [0.29, 0.717) is 13.0 Å². The predicted octanol–water partition coefficient (Wildman–Crippen LogP) is 2.24. The molecule has 0 radical (unpaired) electrons. The molecule has 1 aromatic carbocycles. The minimum absolute atomic E-state index is 0.0785.